The number of hydrogen-bond donors (Lipinski definition) is 5. The first-order valence-corrected chi connectivity index (χ1v) is 14.4. The van der Waals surface area contributed by atoms with Gasteiger partial charge < -0.3 is 20.6 Å². The highest BCUT2D eigenvalue weighted by Crippen LogP contribution is 2.41. The fraction of sp³-hybridized carbons (Fsp3) is 0.212. The summed E-state index contributed by atoms with van der Waals surface area (Å²) in [6.07, 6.45) is 9.01. The number of nitrogens with one attached hydrogen (secondary N) is 3. The molecule has 47 heavy (non-hydrogen) atoms. The lowest BCUT2D eigenvalue weighted by molar-refractivity contribution is -0.124. The van der Waals surface area contributed by atoms with E-state index in [1.165, 1.54) is 23.7 Å². The van der Waals surface area contributed by atoms with Gasteiger partial charge in [0.25, 0.3) is 5.91 Å². The number of carbonyl (C=O) groups excluding carboxylic acids is 1. The molecule has 1 aliphatic heterocycles. The largest absolute Gasteiger partial charge is 0.506 e. The normalized spacial score (nSPS) is 13.0. The van der Waals surface area contributed by atoms with E-state index in [9.17, 15) is 24.8 Å². The molecule has 0 spiro atoms. The van der Waals surface area contributed by atoms with Gasteiger partial charge in [-0.15, -0.1) is 12.4 Å². The van der Waals surface area contributed by atoms with Crippen molar-refractivity contribution in [1.29, 1.82) is 10.5 Å². The van der Waals surface area contributed by atoms with Crippen LogP contribution in [0.5, 0.6) is 5.75 Å². The fourth-order valence-corrected chi connectivity index (χ4v) is 5.32. The number of nitrogens with zero attached hydrogens (tertiary/aromatic N) is 6. The maximum atomic E-state index is 14.8. The molecule has 0 unspecified atom stereocenters. The zero-order chi connectivity index (χ0) is 32.6. The van der Waals surface area contributed by atoms with Crippen LogP contribution in [0.3, 0.4) is 0 Å². The number of amides is 1. The van der Waals surface area contributed by atoms with Gasteiger partial charge in [0.15, 0.2) is 5.82 Å². The van der Waals surface area contributed by atoms with Crippen LogP contribution < -0.4 is 21.0 Å². The lowest BCUT2D eigenvalue weighted by Gasteiger charge is -2.34. The number of piperidine rings is 1. The minimum atomic E-state index is -0.695. The van der Waals surface area contributed by atoms with E-state index >= 15 is 0 Å². The Bertz CT molecular complexity index is 1870. The molecule has 2 aromatic carbocycles. The molecule has 0 aliphatic carbocycles. The van der Waals surface area contributed by atoms with Crippen molar-refractivity contribution >= 4 is 35.9 Å². The molecule has 12 nitrogen and oxygen atoms in total. The Morgan fingerprint density at radius 3 is 2.40 bits per heavy atom. The minimum absolute atomic E-state index is 0. The number of halogens is 2. The maximum absolute atomic E-state index is 14.8. The van der Waals surface area contributed by atoms with Gasteiger partial charge in [0.05, 0.1) is 11.3 Å². The van der Waals surface area contributed by atoms with Gasteiger partial charge in [-0.05, 0) is 54.3 Å². The predicted octanol–water partition coefficient (Wildman–Crippen LogP) is 4.53. The van der Waals surface area contributed by atoms with E-state index in [-0.39, 0.29) is 35.3 Å². The number of carbonyl (C=O) groups is 1. The number of phenols is 1. The summed E-state index contributed by atoms with van der Waals surface area (Å²) in [5.41, 5.74) is 5.08. The highest BCUT2D eigenvalue weighted by molar-refractivity contribution is 5.91. The average Bonchev–Trinajstić information content (AvgIpc) is 3.09. The number of pyridine rings is 1. The van der Waals surface area contributed by atoms with E-state index < -0.39 is 11.7 Å². The van der Waals surface area contributed by atoms with Crippen LogP contribution >= 0.6 is 12.4 Å². The van der Waals surface area contributed by atoms with Crippen molar-refractivity contribution in [2.75, 3.05) is 30.4 Å². The monoisotopic (exact) mass is 655 g/mol. The van der Waals surface area contributed by atoms with Crippen LogP contribution in [-0.2, 0) is 11.3 Å². The van der Waals surface area contributed by atoms with Crippen LogP contribution in [0.25, 0.3) is 28.3 Å². The molecule has 240 valence electrons. The molecule has 1 aliphatic rings. The summed E-state index contributed by atoms with van der Waals surface area (Å²) in [6, 6.07) is 13.6. The summed E-state index contributed by atoms with van der Waals surface area (Å²) in [7, 11) is 1.69. The molecular weight excluding hydrogens is 625 g/mol. The fourth-order valence-electron chi connectivity index (χ4n) is 5.32. The summed E-state index contributed by atoms with van der Waals surface area (Å²) in [5, 5.41) is 45.2. The molecule has 14 heteroatoms. The van der Waals surface area contributed by atoms with Gasteiger partial charge in [0.2, 0.25) is 0 Å². The highest BCUT2D eigenvalue weighted by atomic mass is 35.5. The molecule has 0 bridgehead atoms. The third kappa shape index (κ3) is 7.80. The van der Waals surface area contributed by atoms with E-state index in [4.69, 9.17) is 10.2 Å². The lowest BCUT2D eigenvalue weighted by Crippen LogP contribution is -2.43. The third-order valence-electron chi connectivity index (χ3n) is 7.74. The number of hydrogen-bond acceptors (Lipinski definition) is 11. The van der Waals surface area contributed by atoms with Gasteiger partial charge in [-0.25, -0.2) is 24.8 Å². The van der Waals surface area contributed by atoms with Crippen molar-refractivity contribution in [3.63, 3.8) is 0 Å². The third-order valence-corrected chi connectivity index (χ3v) is 7.74. The Balaban J connectivity index is 0.00000500. The minimum Gasteiger partial charge on any atom is -0.506 e. The van der Waals surface area contributed by atoms with Gasteiger partial charge >= 0.3 is 0 Å². The summed E-state index contributed by atoms with van der Waals surface area (Å²) < 4.78 is 14.8. The summed E-state index contributed by atoms with van der Waals surface area (Å²) in [5.74, 6) is -0.540. The van der Waals surface area contributed by atoms with Crippen LogP contribution in [-0.4, -0.2) is 57.4 Å². The molecule has 5 N–H and O–H groups in total. The van der Waals surface area contributed by atoms with Crippen LogP contribution in [0.1, 0.15) is 35.4 Å². The van der Waals surface area contributed by atoms with Crippen LogP contribution in [0.4, 0.5) is 15.9 Å². The van der Waals surface area contributed by atoms with Crippen molar-refractivity contribution in [3.05, 3.63) is 89.4 Å². The van der Waals surface area contributed by atoms with Crippen molar-refractivity contribution < 1.29 is 19.5 Å². The Hall–Kier alpha value is -5.60. The molecule has 0 saturated carbocycles. The summed E-state index contributed by atoms with van der Waals surface area (Å²) in [6.45, 7) is 1.77. The Kier molecular flexibility index (Phi) is 11.4. The number of phenolic OH excluding ortho intramolecular Hbond substituents is 1. The predicted molar refractivity (Wildman–Crippen MR) is 176 cm³/mol. The Labute approximate surface area is 276 Å². The van der Waals surface area contributed by atoms with Crippen LogP contribution in [0, 0.1) is 28.5 Å². The summed E-state index contributed by atoms with van der Waals surface area (Å²) >= 11 is 0. The molecule has 3 heterocycles. The quantitative estimate of drug-likeness (QED) is 0.0739. The van der Waals surface area contributed by atoms with E-state index in [0.29, 0.717) is 59.2 Å². The first-order chi connectivity index (χ1) is 22.3. The average molecular weight is 656 g/mol. The lowest BCUT2D eigenvalue weighted by atomic mass is 9.91. The first kappa shape index (κ1) is 34.3. The number of anilines is 2. The Morgan fingerprint density at radius 1 is 1.06 bits per heavy atom. The highest BCUT2D eigenvalue weighted by Gasteiger charge is 2.26. The molecule has 1 amide bonds. The van der Waals surface area contributed by atoms with Gasteiger partial charge in [0, 0.05) is 74.1 Å². The van der Waals surface area contributed by atoms with Crippen molar-refractivity contribution in [2.45, 2.75) is 25.4 Å². The van der Waals surface area contributed by atoms with E-state index in [2.05, 4.69) is 26.7 Å². The smallest absolute Gasteiger partial charge is 0.267 e. The van der Waals surface area contributed by atoms with Gasteiger partial charge in [0.1, 0.15) is 35.1 Å². The number of rotatable bonds is 9. The molecule has 1 saturated heterocycles. The van der Waals surface area contributed by atoms with E-state index in [1.54, 1.807) is 49.9 Å². The summed E-state index contributed by atoms with van der Waals surface area (Å²) in [4.78, 5) is 26.3. The van der Waals surface area contributed by atoms with Gasteiger partial charge in [-0.1, -0.05) is 12.1 Å². The van der Waals surface area contributed by atoms with Gasteiger partial charge in [-0.2, -0.15) is 10.5 Å². The number of nitriles is 2. The van der Waals surface area contributed by atoms with Crippen molar-refractivity contribution in [3.8, 4) is 40.1 Å². The molecule has 0 atom stereocenters. The van der Waals surface area contributed by atoms with Crippen LogP contribution in [0.2, 0.25) is 0 Å². The number of aromatic nitrogens is 3. The second-order valence-electron chi connectivity index (χ2n) is 10.5. The van der Waals surface area contributed by atoms with Gasteiger partial charge in [-0.3, -0.25) is 10.0 Å². The molecule has 1 fully saturated rings. The molecule has 2 aromatic heterocycles. The van der Waals surface area contributed by atoms with Crippen molar-refractivity contribution in [2.24, 2.45) is 0 Å². The molecule has 5 rings (SSSR count). The topological polar surface area (TPSA) is 183 Å². The maximum Gasteiger partial charge on any atom is 0.267 e. The van der Waals surface area contributed by atoms with E-state index in [0.717, 1.165) is 24.5 Å². The first-order valence-electron chi connectivity index (χ1n) is 14.4. The molecule has 0 radical (unpaired) electrons. The zero-order valence-electron chi connectivity index (χ0n) is 25.2. The number of aromatic hydroxyl groups is 1. The second kappa shape index (κ2) is 15.6. The van der Waals surface area contributed by atoms with E-state index in [1.807, 2.05) is 11.0 Å². The Morgan fingerprint density at radius 2 is 1.79 bits per heavy atom. The number of benzene rings is 2. The molecular formula is C33H31ClFN9O3. The SMILES string of the molecule is CNc1ccc(-c2cnc(N3CCC(NCc4cnc(/C=C/C(=O)NO)nc4)CC3)c(C#N)c2-c2ccc(C#N)c(F)c2)cc1O.Cl. The van der Waals surface area contributed by atoms with Crippen LogP contribution in [0.15, 0.2) is 61.1 Å². The zero-order valence-corrected chi connectivity index (χ0v) is 26.1. The van der Waals surface area contributed by atoms with Crippen molar-refractivity contribution in [1.82, 2.24) is 25.7 Å². The second-order valence-corrected chi connectivity index (χ2v) is 10.5. The standard InChI is InChI=1S/C33H30FN9O3.ClH/c1-37-28-5-4-21(13-29(28)44)26-19-41-33(25(15-36)32(26)22-2-3-23(14-35)27(34)12-22)43-10-8-24(9-11-43)38-16-20-17-39-30(40-18-20)6-7-31(45)42-46;/h2-7,12-13,17-19,24,37-38,44,46H,8-11,16H2,1H3,(H,42,45);1H/b7-6+;. The molecule has 4 aromatic rings. The number of hydroxylamine groups is 1.